The summed E-state index contributed by atoms with van der Waals surface area (Å²) in [4.78, 5) is 12.5. The normalized spacial score (nSPS) is 15.8. The lowest BCUT2D eigenvalue weighted by Crippen LogP contribution is -2.53. The van der Waals surface area contributed by atoms with Gasteiger partial charge in [-0.2, -0.15) is 0 Å². The molecule has 0 saturated carbocycles. The van der Waals surface area contributed by atoms with Gasteiger partial charge in [0, 0.05) is 31.1 Å². The first-order valence-electron chi connectivity index (χ1n) is 8.48. The van der Waals surface area contributed by atoms with Crippen LogP contribution in [-0.2, 0) is 29.4 Å². The fraction of sp³-hybridized carbons (Fsp3) is 0.750. The maximum atomic E-state index is 11.4. The van der Waals surface area contributed by atoms with Gasteiger partial charge in [0.2, 0.25) is 10.0 Å². The topological polar surface area (TPSA) is 86.7 Å². The molecule has 1 aliphatic carbocycles. The van der Waals surface area contributed by atoms with Crippen LogP contribution < -0.4 is 10.0 Å². The molecule has 0 amide bonds. The van der Waals surface area contributed by atoms with Crippen molar-refractivity contribution in [3.8, 4) is 0 Å². The minimum atomic E-state index is -3.26. The van der Waals surface area contributed by atoms with Crippen LogP contribution in [0, 0.1) is 0 Å². The number of thiazole rings is 1. The molecule has 0 atom stereocenters. The second kappa shape index (κ2) is 8.01. The fourth-order valence-corrected chi connectivity index (χ4v) is 5.26. The number of aryl methyl sites for hydroxylation is 2. The van der Waals surface area contributed by atoms with E-state index in [9.17, 15) is 8.42 Å². The Balaban J connectivity index is 1.94. The first kappa shape index (κ1) is 20.1. The minimum absolute atomic E-state index is 0.436. The van der Waals surface area contributed by atoms with E-state index in [1.807, 2.05) is 25.8 Å². The van der Waals surface area contributed by atoms with Gasteiger partial charge in [-0.3, -0.25) is 4.99 Å². The van der Waals surface area contributed by atoms with E-state index in [0.29, 0.717) is 13.1 Å². The Bertz CT molecular complexity index is 701. The Morgan fingerprint density at radius 3 is 2.64 bits per heavy atom. The summed E-state index contributed by atoms with van der Waals surface area (Å²) in [6, 6.07) is 0. The Labute approximate surface area is 155 Å². The minimum Gasteiger partial charge on any atom is -0.354 e. The predicted octanol–water partition coefficient (Wildman–Crippen LogP) is 1.36. The molecule has 1 aromatic rings. The number of aliphatic imine (C=N–C) groups is 1. The zero-order valence-corrected chi connectivity index (χ0v) is 17.4. The zero-order chi connectivity index (χ0) is 18.7. The van der Waals surface area contributed by atoms with Crippen molar-refractivity contribution in [2.75, 3.05) is 26.9 Å². The van der Waals surface area contributed by atoms with Crippen LogP contribution in [0.25, 0.3) is 0 Å². The van der Waals surface area contributed by atoms with Crippen molar-refractivity contribution in [3.63, 3.8) is 0 Å². The van der Waals surface area contributed by atoms with Gasteiger partial charge in [0.05, 0.1) is 18.5 Å². The van der Waals surface area contributed by atoms with Crippen LogP contribution in [0.3, 0.4) is 0 Å². The number of fused-ring (bicyclic) bond motifs is 1. The molecule has 0 aromatic carbocycles. The highest BCUT2D eigenvalue weighted by Crippen LogP contribution is 2.27. The van der Waals surface area contributed by atoms with E-state index in [-0.39, 0.29) is 0 Å². The number of nitrogens with zero attached hydrogens (tertiary/aromatic N) is 3. The average Bonchev–Trinajstić information content (AvgIpc) is 2.87. The lowest BCUT2D eigenvalue weighted by molar-refractivity contribution is 0.422. The van der Waals surface area contributed by atoms with E-state index >= 15 is 0 Å². The second-order valence-corrected chi connectivity index (χ2v) is 10.1. The van der Waals surface area contributed by atoms with E-state index < -0.39 is 15.6 Å². The molecule has 7 nitrogen and oxygen atoms in total. The molecular formula is C16H29N5O2S2. The molecule has 1 aromatic heterocycles. The first-order valence-corrected chi connectivity index (χ1v) is 11.2. The molecule has 1 aliphatic rings. The number of rotatable bonds is 6. The van der Waals surface area contributed by atoms with Crippen LogP contribution in [0.15, 0.2) is 4.99 Å². The van der Waals surface area contributed by atoms with Crippen molar-refractivity contribution in [1.82, 2.24) is 19.9 Å². The quantitative estimate of drug-likeness (QED) is 0.568. The third kappa shape index (κ3) is 6.23. The van der Waals surface area contributed by atoms with Gasteiger partial charge in [0.15, 0.2) is 5.96 Å². The SMILES string of the molecule is CN=C(NCC(C)(C)NS(C)(=O)=O)N(C)Cc1nc2c(s1)CCCC2. The number of hydrogen-bond donors (Lipinski definition) is 2. The molecule has 0 unspecified atom stereocenters. The maximum Gasteiger partial charge on any atom is 0.209 e. The number of aromatic nitrogens is 1. The Morgan fingerprint density at radius 2 is 2.04 bits per heavy atom. The molecule has 0 fully saturated rings. The highest BCUT2D eigenvalue weighted by molar-refractivity contribution is 7.88. The standard InChI is InChI=1S/C16H29N5O2S2/c1-16(2,20-25(5,22)23)11-18-15(17-3)21(4)10-14-19-12-8-6-7-9-13(12)24-14/h20H,6-11H2,1-5H3,(H,17,18). The number of nitrogens with one attached hydrogen (secondary N) is 2. The molecule has 0 bridgehead atoms. The number of guanidine groups is 1. The van der Waals surface area contributed by atoms with Crippen molar-refractivity contribution in [1.29, 1.82) is 0 Å². The van der Waals surface area contributed by atoms with Crippen LogP contribution in [0.2, 0.25) is 0 Å². The monoisotopic (exact) mass is 387 g/mol. The van der Waals surface area contributed by atoms with E-state index in [4.69, 9.17) is 4.98 Å². The first-order chi connectivity index (χ1) is 11.6. The second-order valence-electron chi connectivity index (χ2n) is 7.20. The van der Waals surface area contributed by atoms with Gasteiger partial charge in [0.25, 0.3) is 0 Å². The lowest BCUT2D eigenvalue weighted by Gasteiger charge is -2.28. The summed E-state index contributed by atoms with van der Waals surface area (Å²) in [5.41, 5.74) is 0.658. The third-order valence-electron chi connectivity index (χ3n) is 3.99. The average molecular weight is 388 g/mol. The number of hydrogen-bond acceptors (Lipinski definition) is 5. The largest absolute Gasteiger partial charge is 0.354 e. The predicted molar refractivity (Wildman–Crippen MR) is 104 cm³/mol. The van der Waals surface area contributed by atoms with Gasteiger partial charge < -0.3 is 10.2 Å². The van der Waals surface area contributed by atoms with Crippen LogP contribution >= 0.6 is 11.3 Å². The molecule has 2 rings (SSSR count). The van der Waals surface area contributed by atoms with Gasteiger partial charge in [0.1, 0.15) is 5.01 Å². The van der Waals surface area contributed by atoms with E-state index in [0.717, 1.165) is 23.8 Å². The molecule has 9 heteroatoms. The molecule has 0 aliphatic heterocycles. The summed E-state index contributed by atoms with van der Waals surface area (Å²) in [6.45, 7) is 4.80. The summed E-state index contributed by atoms with van der Waals surface area (Å²) in [6.07, 6.45) is 5.90. The molecular weight excluding hydrogens is 358 g/mol. The summed E-state index contributed by atoms with van der Waals surface area (Å²) in [7, 11) is 0.431. The highest BCUT2D eigenvalue weighted by atomic mass is 32.2. The number of sulfonamides is 1. The highest BCUT2D eigenvalue weighted by Gasteiger charge is 2.23. The van der Waals surface area contributed by atoms with Gasteiger partial charge in [-0.25, -0.2) is 18.1 Å². The van der Waals surface area contributed by atoms with Gasteiger partial charge in [-0.15, -0.1) is 11.3 Å². The maximum absolute atomic E-state index is 11.4. The lowest BCUT2D eigenvalue weighted by atomic mass is 10.0. The third-order valence-corrected chi connectivity index (χ3v) is 6.05. The van der Waals surface area contributed by atoms with Crippen LogP contribution in [0.4, 0.5) is 0 Å². The van der Waals surface area contributed by atoms with Gasteiger partial charge >= 0.3 is 0 Å². The van der Waals surface area contributed by atoms with Gasteiger partial charge in [-0.1, -0.05) is 0 Å². The molecule has 0 radical (unpaired) electrons. The molecule has 142 valence electrons. The van der Waals surface area contributed by atoms with Crippen molar-refractivity contribution >= 4 is 27.3 Å². The van der Waals surface area contributed by atoms with Crippen molar-refractivity contribution < 1.29 is 8.42 Å². The molecule has 1 heterocycles. The summed E-state index contributed by atoms with van der Waals surface area (Å²) in [5.74, 6) is 0.719. The molecule has 0 spiro atoms. The van der Waals surface area contributed by atoms with Gasteiger partial charge in [-0.05, 0) is 39.5 Å². The van der Waals surface area contributed by atoms with E-state index in [1.165, 1.54) is 29.7 Å². The van der Waals surface area contributed by atoms with Crippen LogP contribution in [0.1, 0.15) is 42.3 Å². The van der Waals surface area contributed by atoms with Crippen molar-refractivity contribution in [2.45, 2.75) is 51.6 Å². The van der Waals surface area contributed by atoms with E-state index in [1.54, 1.807) is 18.4 Å². The van der Waals surface area contributed by atoms with Crippen LogP contribution in [-0.4, -0.2) is 56.7 Å². The summed E-state index contributed by atoms with van der Waals surface area (Å²) < 4.78 is 25.5. The molecule has 0 saturated heterocycles. The zero-order valence-electron chi connectivity index (χ0n) is 15.7. The summed E-state index contributed by atoms with van der Waals surface area (Å²) >= 11 is 1.80. The Kier molecular flexibility index (Phi) is 6.45. The van der Waals surface area contributed by atoms with Crippen LogP contribution in [0.5, 0.6) is 0 Å². The Hall–Kier alpha value is -1.19. The Morgan fingerprint density at radius 1 is 1.36 bits per heavy atom. The molecule has 2 N–H and O–H groups in total. The fourth-order valence-electron chi connectivity index (χ4n) is 2.97. The van der Waals surface area contributed by atoms with E-state index in [2.05, 4.69) is 15.0 Å². The van der Waals surface area contributed by atoms with Crippen molar-refractivity contribution in [3.05, 3.63) is 15.6 Å². The van der Waals surface area contributed by atoms with Crippen molar-refractivity contribution in [2.24, 2.45) is 4.99 Å². The smallest absolute Gasteiger partial charge is 0.209 e. The summed E-state index contributed by atoms with van der Waals surface area (Å²) in [5, 5.41) is 4.34. The molecule has 25 heavy (non-hydrogen) atoms.